The summed E-state index contributed by atoms with van der Waals surface area (Å²) < 4.78 is 26.9. The number of fused-ring (bicyclic) bond motifs is 1. The van der Waals surface area contributed by atoms with Gasteiger partial charge < -0.3 is 10.0 Å². The van der Waals surface area contributed by atoms with Crippen LogP contribution < -0.4 is 4.90 Å². The van der Waals surface area contributed by atoms with Gasteiger partial charge >= 0.3 is 5.97 Å². The molecule has 0 fully saturated rings. The molecule has 2 aromatic rings. The molecule has 0 spiro atoms. The van der Waals surface area contributed by atoms with Crippen molar-refractivity contribution >= 4 is 21.7 Å². The van der Waals surface area contributed by atoms with Gasteiger partial charge in [0.15, 0.2) is 0 Å². The molecular formula is C16H16N2O4S. The van der Waals surface area contributed by atoms with E-state index in [1.807, 2.05) is 30.3 Å². The van der Waals surface area contributed by atoms with Crippen molar-refractivity contribution in [2.75, 3.05) is 18.1 Å². The Labute approximate surface area is 134 Å². The molecule has 2 aromatic carbocycles. The first kappa shape index (κ1) is 15.5. The van der Waals surface area contributed by atoms with Crippen LogP contribution in [0.2, 0.25) is 0 Å². The first-order valence-electron chi connectivity index (χ1n) is 7.08. The second-order valence-electron chi connectivity index (χ2n) is 5.30. The average molecular weight is 332 g/mol. The van der Waals surface area contributed by atoms with E-state index in [9.17, 15) is 13.2 Å². The van der Waals surface area contributed by atoms with Crippen molar-refractivity contribution in [1.29, 1.82) is 0 Å². The van der Waals surface area contributed by atoms with Crippen molar-refractivity contribution in [1.82, 2.24) is 4.31 Å². The number of benzene rings is 2. The average Bonchev–Trinajstić information content (AvgIpc) is 2.53. The van der Waals surface area contributed by atoms with Crippen molar-refractivity contribution < 1.29 is 18.3 Å². The molecular weight excluding hydrogens is 316 g/mol. The summed E-state index contributed by atoms with van der Waals surface area (Å²) in [5.41, 5.74) is 1.28. The maximum absolute atomic E-state index is 12.8. The SMILES string of the molecule is O=C(O)CN1CN(Cc2ccccc2)S(=O)(=O)c2ccccc21. The highest BCUT2D eigenvalue weighted by atomic mass is 32.2. The molecule has 3 rings (SSSR count). The third-order valence-electron chi connectivity index (χ3n) is 3.68. The number of carbonyl (C=O) groups is 1. The summed E-state index contributed by atoms with van der Waals surface area (Å²) in [5, 5.41) is 9.09. The van der Waals surface area contributed by atoms with E-state index in [4.69, 9.17) is 5.11 Å². The fourth-order valence-electron chi connectivity index (χ4n) is 2.64. The lowest BCUT2D eigenvalue weighted by molar-refractivity contribution is -0.135. The lowest BCUT2D eigenvalue weighted by Crippen LogP contribution is -2.47. The number of hydrogen-bond donors (Lipinski definition) is 1. The Kier molecular flexibility index (Phi) is 4.06. The molecule has 0 unspecified atom stereocenters. The number of hydrogen-bond acceptors (Lipinski definition) is 4. The molecule has 0 atom stereocenters. The third kappa shape index (κ3) is 3.06. The number of rotatable bonds is 4. The lowest BCUT2D eigenvalue weighted by Gasteiger charge is -2.36. The summed E-state index contributed by atoms with van der Waals surface area (Å²) in [6.07, 6.45) is 0. The van der Waals surface area contributed by atoms with E-state index in [0.29, 0.717) is 5.69 Å². The van der Waals surface area contributed by atoms with Crippen molar-refractivity contribution in [2.24, 2.45) is 0 Å². The van der Waals surface area contributed by atoms with E-state index in [2.05, 4.69) is 0 Å². The molecule has 0 saturated carbocycles. The van der Waals surface area contributed by atoms with Crippen molar-refractivity contribution in [3.05, 3.63) is 60.2 Å². The molecule has 0 saturated heterocycles. The summed E-state index contributed by atoms with van der Waals surface area (Å²) in [6.45, 7) is -0.0357. The fourth-order valence-corrected chi connectivity index (χ4v) is 4.24. The van der Waals surface area contributed by atoms with E-state index < -0.39 is 16.0 Å². The number of anilines is 1. The Balaban J connectivity index is 2.00. The maximum atomic E-state index is 12.8. The Hall–Kier alpha value is -2.38. The van der Waals surface area contributed by atoms with Crippen molar-refractivity contribution in [3.8, 4) is 0 Å². The van der Waals surface area contributed by atoms with E-state index in [-0.39, 0.29) is 24.7 Å². The number of aliphatic carboxylic acids is 1. The molecule has 0 aliphatic carbocycles. The minimum Gasteiger partial charge on any atom is -0.480 e. The molecule has 120 valence electrons. The normalized spacial score (nSPS) is 16.8. The second-order valence-corrected chi connectivity index (χ2v) is 7.21. The zero-order valence-electron chi connectivity index (χ0n) is 12.3. The van der Waals surface area contributed by atoms with E-state index in [0.717, 1.165) is 5.56 Å². The minimum atomic E-state index is -3.65. The number of sulfonamides is 1. The molecule has 1 heterocycles. The van der Waals surface area contributed by atoms with Gasteiger partial charge in [-0.15, -0.1) is 0 Å². The number of para-hydroxylation sites is 1. The van der Waals surface area contributed by atoms with Gasteiger partial charge in [0.2, 0.25) is 10.0 Å². The molecule has 23 heavy (non-hydrogen) atoms. The molecule has 0 amide bonds. The van der Waals surface area contributed by atoms with Gasteiger partial charge in [-0.05, 0) is 17.7 Å². The van der Waals surface area contributed by atoms with Gasteiger partial charge in [0.05, 0.1) is 12.4 Å². The van der Waals surface area contributed by atoms with Crippen LogP contribution in [0.4, 0.5) is 5.69 Å². The van der Waals surface area contributed by atoms with Gasteiger partial charge in [-0.3, -0.25) is 4.79 Å². The van der Waals surface area contributed by atoms with E-state index in [1.54, 1.807) is 23.1 Å². The standard InChI is InChI=1S/C16H16N2O4S/c19-16(20)11-17-12-18(10-13-6-2-1-3-7-13)23(21,22)15-9-5-4-8-14(15)17/h1-9H,10-12H2,(H,19,20). The largest absolute Gasteiger partial charge is 0.480 e. The molecule has 0 aromatic heterocycles. The second kappa shape index (κ2) is 6.02. The van der Waals surface area contributed by atoms with Gasteiger partial charge in [0, 0.05) is 6.54 Å². The minimum absolute atomic E-state index is 0.0144. The highest BCUT2D eigenvalue weighted by molar-refractivity contribution is 7.89. The summed E-state index contributed by atoms with van der Waals surface area (Å²) in [5.74, 6) is -1.00. The van der Waals surface area contributed by atoms with Gasteiger partial charge in [0.25, 0.3) is 0 Å². The zero-order valence-corrected chi connectivity index (χ0v) is 13.1. The number of carboxylic acids is 1. The Morgan fingerprint density at radius 2 is 1.70 bits per heavy atom. The van der Waals surface area contributed by atoms with Crippen LogP contribution in [0.15, 0.2) is 59.5 Å². The summed E-state index contributed by atoms with van der Waals surface area (Å²) >= 11 is 0. The highest BCUT2D eigenvalue weighted by Gasteiger charge is 2.35. The van der Waals surface area contributed by atoms with Gasteiger partial charge in [0.1, 0.15) is 11.4 Å². The van der Waals surface area contributed by atoms with E-state index in [1.165, 1.54) is 10.4 Å². The smallest absolute Gasteiger partial charge is 0.323 e. The van der Waals surface area contributed by atoms with Crippen LogP contribution in [0, 0.1) is 0 Å². The van der Waals surface area contributed by atoms with Crippen molar-refractivity contribution in [3.63, 3.8) is 0 Å². The molecule has 1 N–H and O–H groups in total. The monoisotopic (exact) mass is 332 g/mol. The van der Waals surface area contributed by atoms with Gasteiger partial charge in [-0.2, -0.15) is 4.31 Å². The Morgan fingerprint density at radius 1 is 1.04 bits per heavy atom. The van der Waals surface area contributed by atoms with Crippen LogP contribution in [-0.4, -0.2) is 37.0 Å². The Morgan fingerprint density at radius 3 is 2.39 bits per heavy atom. The summed E-state index contributed by atoms with van der Waals surface area (Å²) in [7, 11) is -3.65. The van der Waals surface area contributed by atoms with Crippen LogP contribution in [0.5, 0.6) is 0 Å². The van der Waals surface area contributed by atoms with Crippen LogP contribution in [0.1, 0.15) is 5.56 Å². The van der Waals surface area contributed by atoms with Gasteiger partial charge in [-0.25, -0.2) is 8.42 Å². The maximum Gasteiger partial charge on any atom is 0.323 e. The topological polar surface area (TPSA) is 77.9 Å². The molecule has 0 bridgehead atoms. The molecule has 7 heteroatoms. The fraction of sp³-hybridized carbons (Fsp3) is 0.188. The number of carboxylic acid groups (broad SMARTS) is 1. The number of nitrogens with zero attached hydrogens (tertiary/aromatic N) is 2. The quantitative estimate of drug-likeness (QED) is 0.923. The first-order valence-corrected chi connectivity index (χ1v) is 8.52. The van der Waals surface area contributed by atoms with Crippen LogP contribution in [0.3, 0.4) is 0 Å². The highest BCUT2D eigenvalue weighted by Crippen LogP contribution is 2.33. The molecule has 1 aliphatic heterocycles. The summed E-state index contributed by atoms with van der Waals surface area (Å²) in [6, 6.07) is 15.7. The predicted octanol–water partition coefficient (Wildman–Crippen LogP) is 1.74. The third-order valence-corrected chi connectivity index (χ3v) is 5.51. The van der Waals surface area contributed by atoms with Crippen LogP contribution in [0.25, 0.3) is 0 Å². The summed E-state index contributed by atoms with van der Waals surface area (Å²) in [4.78, 5) is 12.8. The molecule has 6 nitrogen and oxygen atoms in total. The van der Waals surface area contributed by atoms with Gasteiger partial charge in [-0.1, -0.05) is 42.5 Å². The van der Waals surface area contributed by atoms with Crippen LogP contribution in [-0.2, 0) is 21.4 Å². The molecule has 0 radical (unpaired) electrons. The zero-order chi connectivity index (χ0) is 16.4. The van der Waals surface area contributed by atoms with E-state index >= 15 is 0 Å². The van der Waals surface area contributed by atoms with Crippen LogP contribution >= 0.6 is 0 Å². The first-order chi connectivity index (χ1) is 11.0. The molecule has 1 aliphatic rings. The Bertz CT molecular complexity index is 821. The lowest BCUT2D eigenvalue weighted by atomic mass is 10.2. The van der Waals surface area contributed by atoms with Crippen molar-refractivity contribution in [2.45, 2.75) is 11.4 Å². The predicted molar refractivity (Wildman–Crippen MR) is 85.5 cm³/mol.